The SMILES string of the molecule is CC(C)[C@@H]1C[C@@H](NC(=O)[C@@H](C[C@H]2CCNC2=O)C(O)C(=O)NCc2ccccc2)N(C(=O)c2cc3ccccc3[nH]2)C1. The second-order valence-electron chi connectivity index (χ2n) is 11.8. The molecule has 2 aliphatic heterocycles. The standard InChI is InChI=1S/C32H39N5O5/c1-19(2)23-16-27(37(18-23)32(42)26-15-21-10-6-7-11-25(21)35-26)36-30(40)24(14-22-12-13-33-29(22)39)28(38)31(41)34-17-20-8-4-3-5-9-20/h3-11,15,19,22-24,27-28,35,38H,12-14,16-18H2,1-2H3,(H,33,39)(H,34,41)(H,36,40)/t22-,23-,24+,27+,28?/m1/s1. The predicted octanol–water partition coefficient (Wildman–Crippen LogP) is 2.55. The van der Waals surface area contributed by atoms with Crippen LogP contribution in [0.2, 0.25) is 0 Å². The first kappa shape index (κ1) is 29.3. The average Bonchev–Trinajstić information content (AvgIpc) is 3.72. The molecule has 42 heavy (non-hydrogen) atoms. The summed E-state index contributed by atoms with van der Waals surface area (Å²) >= 11 is 0. The van der Waals surface area contributed by atoms with Crippen molar-refractivity contribution in [1.82, 2.24) is 25.8 Å². The molecule has 2 aliphatic rings. The number of carbonyl (C=O) groups is 4. The highest BCUT2D eigenvalue weighted by atomic mass is 16.3. The van der Waals surface area contributed by atoms with E-state index in [1.54, 1.807) is 4.90 Å². The Hall–Kier alpha value is -4.18. The van der Waals surface area contributed by atoms with Crippen LogP contribution in [0, 0.1) is 23.7 Å². The van der Waals surface area contributed by atoms with Gasteiger partial charge in [-0.05, 0) is 48.8 Å². The Bertz CT molecular complexity index is 1400. The minimum Gasteiger partial charge on any atom is -0.382 e. The summed E-state index contributed by atoms with van der Waals surface area (Å²) in [5.41, 5.74) is 2.13. The van der Waals surface area contributed by atoms with E-state index in [4.69, 9.17) is 0 Å². The van der Waals surface area contributed by atoms with Gasteiger partial charge in [0.1, 0.15) is 18.0 Å². The Labute approximate surface area is 245 Å². The number of aromatic nitrogens is 1. The molecule has 222 valence electrons. The normalized spacial score (nSPS) is 21.8. The molecule has 0 aliphatic carbocycles. The van der Waals surface area contributed by atoms with Gasteiger partial charge in [0.15, 0.2) is 0 Å². The van der Waals surface area contributed by atoms with Crippen molar-refractivity contribution >= 4 is 34.5 Å². The highest BCUT2D eigenvalue weighted by Gasteiger charge is 2.42. The van der Waals surface area contributed by atoms with Crippen molar-refractivity contribution < 1.29 is 24.3 Å². The molecule has 4 amide bonds. The van der Waals surface area contributed by atoms with Crippen molar-refractivity contribution in [3.63, 3.8) is 0 Å². The lowest BCUT2D eigenvalue weighted by molar-refractivity contribution is -0.142. The zero-order chi connectivity index (χ0) is 29.8. The first-order chi connectivity index (χ1) is 20.2. The van der Waals surface area contributed by atoms with Crippen molar-refractivity contribution in [1.29, 1.82) is 0 Å². The fraction of sp³-hybridized carbons (Fsp3) is 0.438. The topological polar surface area (TPSA) is 144 Å². The molecular weight excluding hydrogens is 534 g/mol. The van der Waals surface area contributed by atoms with Gasteiger partial charge in [0.25, 0.3) is 5.91 Å². The molecule has 2 aromatic carbocycles. The number of H-pyrrole nitrogens is 1. The lowest BCUT2D eigenvalue weighted by Crippen LogP contribution is -2.52. The van der Waals surface area contributed by atoms with Crippen LogP contribution in [0.4, 0.5) is 0 Å². The number of aromatic amines is 1. The largest absolute Gasteiger partial charge is 0.382 e. The molecule has 3 aromatic rings. The molecule has 2 saturated heterocycles. The van der Waals surface area contributed by atoms with Crippen molar-refractivity contribution in [2.24, 2.45) is 23.7 Å². The van der Waals surface area contributed by atoms with Gasteiger partial charge in [-0.25, -0.2) is 0 Å². The van der Waals surface area contributed by atoms with Crippen LogP contribution < -0.4 is 16.0 Å². The Morgan fingerprint density at radius 3 is 2.48 bits per heavy atom. The van der Waals surface area contributed by atoms with Crippen molar-refractivity contribution in [3.05, 3.63) is 71.9 Å². The molecule has 0 spiro atoms. The number of hydrogen-bond donors (Lipinski definition) is 5. The molecule has 5 atom stereocenters. The fourth-order valence-electron chi connectivity index (χ4n) is 5.96. The smallest absolute Gasteiger partial charge is 0.271 e. The van der Waals surface area contributed by atoms with E-state index in [0.29, 0.717) is 31.6 Å². The van der Waals surface area contributed by atoms with Gasteiger partial charge >= 0.3 is 0 Å². The number of aliphatic hydroxyl groups excluding tert-OH is 1. The average molecular weight is 574 g/mol. The molecule has 5 rings (SSSR count). The number of para-hydroxylation sites is 1. The third kappa shape index (κ3) is 6.49. The molecule has 0 bridgehead atoms. The molecule has 2 fully saturated rings. The molecule has 3 heterocycles. The van der Waals surface area contributed by atoms with Crippen LogP contribution in [0.3, 0.4) is 0 Å². The minimum atomic E-state index is -1.66. The first-order valence-electron chi connectivity index (χ1n) is 14.7. The van der Waals surface area contributed by atoms with E-state index < -0.39 is 35.9 Å². The van der Waals surface area contributed by atoms with Crippen LogP contribution in [0.1, 0.15) is 49.2 Å². The summed E-state index contributed by atoms with van der Waals surface area (Å²) in [5.74, 6) is -2.89. The van der Waals surface area contributed by atoms with Crippen LogP contribution in [0.15, 0.2) is 60.7 Å². The molecule has 1 aromatic heterocycles. The van der Waals surface area contributed by atoms with E-state index in [2.05, 4.69) is 34.8 Å². The Balaban J connectivity index is 1.34. The maximum Gasteiger partial charge on any atom is 0.271 e. The molecule has 10 nitrogen and oxygen atoms in total. The van der Waals surface area contributed by atoms with E-state index in [0.717, 1.165) is 16.5 Å². The van der Waals surface area contributed by atoms with E-state index in [1.807, 2.05) is 60.7 Å². The molecular formula is C32H39N5O5. The number of likely N-dealkylation sites (tertiary alicyclic amines) is 1. The molecule has 1 unspecified atom stereocenters. The van der Waals surface area contributed by atoms with Crippen LogP contribution in [-0.2, 0) is 20.9 Å². The summed E-state index contributed by atoms with van der Waals surface area (Å²) in [6.07, 6.45) is -1.20. The molecule has 5 N–H and O–H groups in total. The Kier molecular flexibility index (Phi) is 8.91. The van der Waals surface area contributed by atoms with Gasteiger partial charge in [-0.2, -0.15) is 0 Å². The maximum atomic E-state index is 13.8. The second kappa shape index (κ2) is 12.8. The van der Waals surface area contributed by atoms with Crippen molar-refractivity contribution in [2.75, 3.05) is 13.1 Å². The number of fused-ring (bicyclic) bond motifs is 1. The number of hydrogen-bond acceptors (Lipinski definition) is 5. The summed E-state index contributed by atoms with van der Waals surface area (Å²) in [5, 5.41) is 20.5. The number of aliphatic hydroxyl groups is 1. The van der Waals surface area contributed by atoms with Crippen LogP contribution >= 0.6 is 0 Å². The number of nitrogens with one attached hydrogen (secondary N) is 4. The number of carbonyl (C=O) groups excluding carboxylic acids is 4. The van der Waals surface area contributed by atoms with Gasteiger partial charge in [-0.1, -0.05) is 62.4 Å². The number of rotatable bonds is 10. The van der Waals surface area contributed by atoms with E-state index in [9.17, 15) is 24.3 Å². The number of benzene rings is 2. The van der Waals surface area contributed by atoms with Gasteiger partial charge in [0, 0.05) is 36.5 Å². The van der Waals surface area contributed by atoms with E-state index >= 15 is 0 Å². The van der Waals surface area contributed by atoms with Gasteiger partial charge in [0.2, 0.25) is 17.7 Å². The third-order valence-corrected chi connectivity index (χ3v) is 8.60. The zero-order valence-electron chi connectivity index (χ0n) is 24.0. The summed E-state index contributed by atoms with van der Waals surface area (Å²) in [6.45, 7) is 5.32. The van der Waals surface area contributed by atoms with Crippen LogP contribution in [0.25, 0.3) is 10.9 Å². The van der Waals surface area contributed by atoms with Crippen LogP contribution in [-0.4, -0.2) is 64.0 Å². The monoisotopic (exact) mass is 573 g/mol. The quantitative estimate of drug-likeness (QED) is 0.253. The minimum absolute atomic E-state index is 0.0217. The van der Waals surface area contributed by atoms with Crippen molar-refractivity contribution in [3.8, 4) is 0 Å². The second-order valence-corrected chi connectivity index (χ2v) is 11.8. The predicted molar refractivity (Wildman–Crippen MR) is 158 cm³/mol. The lowest BCUT2D eigenvalue weighted by Gasteiger charge is -2.29. The molecule has 0 radical (unpaired) electrons. The first-order valence-corrected chi connectivity index (χ1v) is 14.7. The van der Waals surface area contributed by atoms with Crippen molar-refractivity contribution in [2.45, 2.75) is 51.9 Å². The highest BCUT2D eigenvalue weighted by Crippen LogP contribution is 2.31. The molecule has 0 saturated carbocycles. The summed E-state index contributed by atoms with van der Waals surface area (Å²) < 4.78 is 0. The Morgan fingerprint density at radius 1 is 1.05 bits per heavy atom. The van der Waals surface area contributed by atoms with E-state index in [1.165, 1.54) is 0 Å². The number of nitrogens with zero attached hydrogens (tertiary/aromatic N) is 1. The van der Waals surface area contributed by atoms with Gasteiger partial charge < -0.3 is 30.9 Å². The summed E-state index contributed by atoms with van der Waals surface area (Å²) in [7, 11) is 0. The van der Waals surface area contributed by atoms with Crippen LogP contribution in [0.5, 0.6) is 0 Å². The number of amides is 4. The van der Waals surface area contributed by atoms with Gasteiger partial charge in [-0.3, -0.25) is 19.2 Å². The van der Waals surface area contributed by atoms with Gasteiger partial charge in [-0.15, -0.1) is 0 Å². The van der Waals surface area contributed by atoms with Gasteiger partial charge in [0.05, 0.1) is 5.92 Å². The fourth-order valence-corrected chi connectivity index (χ4v) is 5.96. The summed E-state index contributed by atoms with van der Waals surface area (Å²) in [6, 6.07) is 18.7. The lowest BCUT2D eigenvalue weighted by atomic mass is 9.87. The molecule has 10 heteroatoms. The third-order valence-electron chi connectivity index (χ3n) is 8.60. The maximum absolute atomic E-state index is 13.8. The van der Waals surface area contributed by atoms with E-state index in [-0.39, 0.29) is 36.6 Å². The highest BCUT2D eigenvalue weighted by molar-refractivity contribution is 5.98. The zero-order valence-corrected chi connectivity index (χ0v) is 24.0. The Morgan fingerprint density at radius 2 is 1.79 bits per heavy atom. The summed E-state index contributed by atoms with van der Waals surface area (Å²) in [4.78, 5) is 57.8.